The van der Waals surface area contributed by atoms with Crippen molar-refractivity contribution in [2.75, 3.05) is 24.2 Å². The first-order chi connectivity index (χ1) is 9.11. The minimum absolute atomic E-state index is 0.0169. The second-order valence-electron chi connectivity index (χ2n) is 4.21. The molecule has 1 atom stereocenters. The second-order valence-corrected chi connectivity index (χ2v) is 5.66. The molecule has 1 aromatic carbocycles. The number of thioether (sulfide) groups is 1. The van der Waals surface area contributed by atoms with E-state index in [2.05, 4.69) is 5.32 Å². The fraction of sp³-hybridized carbons (Fsp3) is 0.385. The number of carbonyl (C=O) groups is 2. The Labute approximate surface area is 115 Å². The summed E-state index contributed by atoms with van der Waals surface area (Å²) in [6, 6.07) is 5.09. The molecule has 0 aromatic heterocycles. The highest BCUT2D eigenvalue weighted by Gasteiger charge is 2.20. The Balaban J connectivity index is 2.15. The summed E-state index contributed by atoms with van der Waals surface area (Å²) < 4.78 is 5.25. The molecule has 0 fully saturated rings. The molecule has 102 valence electrons. The van der Waals surface area contributed by atoms with Gasteiger partial charge in [0.05, 0.1) is 10.9 Å². The Bertz CT molecular complexity index is 505. The Kier molecular flexibility index (Phi) is 4.44. The minimum Gasteiger partial charge on any atom is -0.482 e. The fourth-order valence-corrected chi connectivity index (χ4v) is 2.57. The molecule has 0 spiro atoms. The summed E-state index contributed by atoms with van der Waals surface area (Å²) in [4.78, 5) is 23.4. The molecule has 0 aliphatic carbocycles. The average molecular weight is 280 g/mol. The SMILES string of the molecule is CC(SCCN)C(=O)c1ccc2c(c1)NC(=O)CO2. The van der Waals surface area contributed by atoms with Crippen molar-refractivity contribution >= 4 is 29.1 Å². The van der Waals surface area contributed by atoms with Crippen molar-refractivity contribution in [1.82, 2.24) is 0 Å². The number of hydrogen-bond donors (Lipinski definition) is 2. The zero-order chi connectivity index (χ0) is 13.8. The standard InChI is InChI=1S/C13H16N2O3S/c1-8(19-5-4-14)13(17)9-2-3-11-10(6-9)15-12(16)7-18-11/h2-3,6,8H,4-5,7,14H2,1H3,(H,15,16). The van der Waals surface area contributed by atoms with Crippen molar-refractivity contribution in [3.8, 4) is 5.75 Å². The van der Waals surface area contributed by atoms with E-state index in [9.17, 15) is 9.59 Å². The molecule has 5 nitrogen and oxygen atoms in total. The number of hydrogen-bond acceptors (Lipinski definition) is 5. The van der Waals surface area contributed by atoms with Crippen LogP contribution in [0.1, 0.15) is 17.3 Å². The van der Waals surface area contributed by atoms with Gasteiger partial charge in [0, 0.05) is 17.9 Å². The van der Waals surface area contributed by atoms with E-state index in [-0.39, 0.29) is 23.5 Å². The van der Waals surface area contributed by atoms with Crippen LogP contribution in [0, 0.1) is 0 Å². The Morgan fingerprint density at radius 2 is 2.37 bits per heavy atom. The van der Waals surface area contributed by atoms with Gasteiger partial charge in [0.15, 0.2) is 12.4 Å². The van der Waals surface area contributed by atoms with E-state index in [1.165, 1.54) is 11.8 Å². The average Bonchev–Trinajstić information content (AvgIpc) is 2.43. The maximum Gasteiger partial charge on any atom is 0.262 e. The van der Waals surface area contributed by atoms with Crippen LogP contribution < -0.4 is 15.8 Å². The van der Waals surface area contributed by atoms with Crippen molar-refractivity contribution < 1.29 is 14.3 Å². The van der Waals surface area contributed by atoms with Crippen molar-refractivity contribution in [1.29, 1.82) is 0 Å². The van der Waals surface area contributed by atoms with Gasteiger partial charge in [0.2, 0.25) is 0 Å². The number of ether oxygens (including phenoxy) is 1. The zero-order valence-corrected chi connectivity index (χ0v) is 11.5. The lowest BCUT2D eigenvalue weighted by Crippen LogP contribution is -2.26. The van der Waals surface area contributed by atoms with Crippen LogP contribution in [0.3, 0.4) is 0 Å². The van der Waals surface area contributed by atoms with Gasteiger partial charge >= 0.3 is 0 Å². The summed E-state index contributed by atoms with van der Waals surface area (Å²) in [7, 11) is 0. The van der Waals surface area contributed by atoms with Gasteiger partial charge in [-0.15, -0.1) is 11.8 Å². The zero-order valence-electron chi connectivity index (χ0n) is 10.6. The molecule has 1 aromatic rings. The van der Waals surface area contributed by atoms with Crippen LogP contribution in [-0.2, 0) is 4.79 Å². The monoisotopic (exact) mass is 280 g/mol. The normalized spacial score (nSPS) is 15.2. The van der Waals surface area contributed by atoms with Crippen LogP contribution in [0.25, 0.3) is 0 Å². The van der Waals surface area contributed by atoms with Crippen molar-refractivity contribution in [3.05, 3.63) is 23.8 Å². The van der Waals surface area contributed by atoms with Crippen LogP contribution in [0.2, 0.25) is 0 Å². The molecular formula is C13H16N2O3S. The van der Waals surface area contributed by atoms with Gasteiger partial charge in [0.25, 0.3) is 5.91 Å². The largest absolute Gasteiger partial charge is 0.482 e. The van der Waals surface area contributed by atoms with Gasteiger partial charge in [-0.2, -0.15) is 0 Å². The van der Waals surface area contributed by atoms with E-state index in [0.717, 1.165) is 5.75 Å². The molecule has 0 bridgehead atoms. The van der Waals surface area contributed by atoms with Gasteiger partial charge < -0.3 is 15.8 Å². The Hall–Kier alpha value is -1.53. The number of anilines is 1. The maximum atomic E-state index is 12.2. The number of Topliss-reactive ketones (excluding diaryl/α,β-unsaturated/α-hetero) is 1. The summed E-state index contributed by atoms with van der Waals surface area (Å²) in [6.45, 7) is 2.43. The lowest BCUT2D eigenvalue weighted by Gasteiger charge is -2.19. The predicted octanol–water partition coefficient (Wildman–Crippen LogP) is 1.28. The summed E-state index contributed by atoms with van der Waals surface area (Å²) in [5.41, 5.74) is 6.55. The number of nitrogens with two attached hydrogens (primary N) is 1. The molecule has 1 amide bonds. The molecule has 2 rings (SSSR count). The van der Waals surface area contributed by atoms with Crippen molar-refractivity contribution in [2.24, 2.45) is 5.73 Å². The van der Waals surface area contributed by atoms with E-state index in [1.54, 1.807) is 18.2 Å². The summed E-state index contributed by atoms with van der Waals surface area (Å²) in [6.07, 6.45) is 0. The van der Waals surface area contributed by atoms with Crippen LogP contribution >= 0.6 is 11.8 Å². The lowest BCUT2D eigenvalue weighted by atomic mass is 10.1. The van der Waals surface area contributed by atoms with Crippen LogP contribution in [0.5, 0.6) is 5.75 Å². The molecule has 0 radical (unpaired) electrons. The molecule has 1 heterocycles. The highest BCUT2D eigenvalue weighted by molar-refractivity contribution is 8.00. The molecule has 0 saturated carbocycles. The number of benzene rings is 1. The Morgan fingerprint density at radius 1 is 1.58 bits per heavy atom. The first kappa shape index (κ1) is 13.9. The fourth-order valence-electron chi connectivity index (χ4n) is 1.79. The van der Waals surface area contributed by atoms with Gasteiger partial charge in [-0.1, -0.05) is 0 Å². The molecule has 3 N–H and O–H groups in total. The van der Waals surface area contributed by atoms with Gasteiger partial charge in [-0.3, -0.25) is 9.59 Å². The summed E-state index contributed by atoms with van der Waals surface area (Å²) in [5, 5.41) is 2.54. The van der Waals surface area contributed by atoms with Crippen LogP contribution in [0.4, 0.5) is 5.69 Å². The Morgan fingerprint density at radius 3 is 3.11 bits per heavy atom. The molecule has 1 aliphatic rings. The van der Waals surface area contributed by atoms with E-state index >= 15 is 0 Å². The third-order valence-corrected chi connectivity index (χ3v) is 3.94. The molecular weight excluding hydrogens is 264 g/mol. The number of rotatable bonds is 5. The van der Waals surface area contributed by atoms with Gasteiger partial charge in [0.1, 0.15) is 5.75 Å². The van der Waals surface area contributed by atoms with Crippen LogP contribution in [-0.4, -0.2) is 35.8 Å². The molecule has 0 saturated heterocycles. The first-order valence-corrected chi connectivity index (χ1v) is 7.09. The molecule has 19 heavy (non-hydrogen) atoms. The van der Waals surface area contributed by atoms with E-state index in [4.69, 9.17) is 10.5 Å². The maximum absolute atomic E-state index is 12.2. The third-order valence-electron chi connectivity index (χ3n) is 2.75. The molecule has 6 heteroatoms. The summed E-state index contributed by atoms with van der Waals surface area (Å²) >= 11 is 1.52. The number of fused-ring (bicyclic) bond motifs is 1. The number of amides is 1. The van der Waals surface area contributed by atoms with E-state index in [0.29, 0.717) is 23.5 Å². The van der Waals surface area contributed by atoms with Crippen LogP contribution in [0.15, 0.2) is 18.2 Å². The molecule has 1 aliphatic heterocycles. The first-order valence-electron chi connectivity index (χ1n) is 6.04. The molecule has 1 unspecified atom stereocenters. The van der Waals surface area contributed by atoms with Crippen molar-refractivity contribution in [2.45, 2.75) is 12.2 Å². The number of carbonyl (C=O) groups excluding carboxylic acids is 2. The van der Waals surface area contributed by atoms with E-state index in [1.807, 2.05) is 6.92 Å². The van der Waals surface area contributed by atoms with Gasteiger partial charge in [-0.05, 0) is 25.1 Å². The van der Waals surface area contributed by atoms with E-state index < -0.39 is 0 Å². The van der Waals surface area contributed by atoms with Gasteiger partial charge in [-0.25, -0.2) is 0 Å². The second kappa shape index (κ2) is 6.08. The highest BCUT2D eigenvalue weighted by atomic mass is 32.2. The number of ketones is 1. The van der Waals surface area contributed by atoms with Crippen molar-refractivity contribution in [3.63, 3.8) is 0 Å². The highest BCUT2D eigenvalue weighted by Crippen LogP contribution is 2.29. The smallest absolute Gasteiger partial charge is 0.262 e. The minimum atomic E-state index is -0.206. The topological polar surface area (TPSA) is 81.4 Å². The number of nitrogens with one attached hydrogen (secondary N) is 1. The summed E-state index contributed by atoms with van der Waals surface area (Å²) in [5.74, 6) is 1.17. The lowest BCUT2D eigenvalue weighted by molar-refractivity contribution is -0.118. The third kappa shape index (κ3) is 3.27. The predicted molar refractivity (Wildman–Crippen MR) is 75.9 cm³/mol. The quantitative estimate of drug-likeness (QED) is 0.794.